The molecular weight excluding hydrogens is 302 g/mol. The molecule has 1 fully saturated rings. The maximum atomic E-state index is 12.9. The molecule has 1 saturated heterocycles. The van der Waals surface area contributed by atoms with E-state index in [4.69, 9.17) is 4.74 Å². The van der Waals surface area contributed by atoms with Crippen LogP contribution in [0.15, 0.2) is 35.3 Å². The van der Waals surface area contributed by atoms with Crippen LogP contribution in [-0.4, -0.2) is 29.0 Å². The predicted molar refractivity (Wildman–Crippen MR) is 96.7 cm³/mol. The van der Waals surface area contributed by atoms with E-state index < -0.39 is 5.72 Å². The summed E-state index contributed by atoms with van der Waals surface area (Å²) in [6.45, 7) is 14.0. The molecule has 5 heteroatoms. The van der Waals surface area contributed by atoms with Crippen LogP contribution in [0.1, 0.15) is 54.0 Å². The largest absolute Gasteiger partial charge is 0.433 e. The van der Waals surface area contributed by atoms with Gasteiger partial charge in [0, 0.05) is 23.1 Å². The van der Waals surface area contributed by atoms with Crippen LogP contribution < -0.4 is 5.32 Å². The van der Waals surface area contributed by atoms with E-state index in [2.05, 4.69) is 31.1 Å². The second kappa shape index (κ2) is 6.46. The number of urea groups is 1. The molecule has 0 radical (unpaired) electrons. The molecule has 2 amide bonds. The van der Waals surface area contributed by atoms with Crippen LogP contribution in [0.25, 0.3) is 0 Å². The summed E-state index contributed by atoms with van der Waals surface area (Å²) in [5.74, 6) is 0. The number of ether oxygens (including phenoxy) is 1. The summed E-state index contributed by atoms with van der Waals surface area (Å²) in [6.07, 6.45) is 0. The lowest BCUT2D eigenvalue weighted by Crippen LogP contribution is -2.67. The Balaban J connectivity index is 2.61. The Morgan fingerprint density at radius 3 is 2.17 bits per heavy atom. The number of amidine groups is 1. The van der Waals surface area contributed by atoms with Crippen molar-refractivity contribution in [3.05, 3.63) is 35.9 Å². The van der Waals surface area contributed by atoms with Gasteiger partial charge in [-0.3, -0.25) is 5.32 Å². The molecule has 0 bridgehead atoms. The second-order valence-electron chi connectivity index (χ2n) is 7.80. The molecule has 1 N–H and O–H groups in total. The van der Waals surface area contributed by atoms with Crippen molar-refractivity contribution in [2.45, 2.75) is 66.3 Å². The highest BCUT2D eigenvalue weighted by Gasteiger charge is 2.53. The van der Waals surface area contributed by atoms with E-state index >= 15 is 0 Å². The Bertz CT molecular complexity index is 617. The van der Waals surface area contributed by atoms with Gasteiger partial charge in [0.05, 0.1) is 0 Å². The first-order valence-electron chi connectivity index (χ1n) is 8.52. The smallest absolute Gasteiger partial charge is 0.329 e. The van der Waals surface area contributed by atoms with Gasteiger partial charge in [0.15, 0.2) is 0 Å². The number of hydrogen-bond acceptors (Lipinski definition) is 3. The molecule has 2 rings (SSSR count). The van der Waals surface area contributed by atoms with E-state index in [9.17, 15) is 4.79 Å². The molecule has 1 atom stereocenters. The summed E-state index contributed by atoms with van der Waals surface area (Å²) in [6, 6.07) is 9.98. The Hall–Kier alpha value is -2.04. The number of nitrogens with zero attached hydrogens (tertiary/aromatic N) is 2. The third-order valence-corrected chi connectivity index (χ3v) is 4.07. The number of hydrogen-bond donors (Lipinski definition) is 1. The lowest BCUT2D eigenvalue weighted by atomic mass is 9.78. The summed E-state index contributed by atoms with van der Waals surface area (Å²) in [7, 11) is 0. The SMILES string of the molecule is CC(C)N=C1OC(c2ccccc2)(C(C)(C)C)NC(=O)N1C(C)C. The van der Waals surface area contributed by atoms with Gasteiger partial charge in [0.2, 0.25) is 5.72 Å². The van der Waals surface area contributed by atoms with Crippen molar-refractivity contribution in [2.24, 2.45) is 10.4 Å². The molecule has 1 aliphatic rings. The van der Waals surface area contributed by atoms with Gasteiger partial charge in [-0.2, -0.15) is 0 Å². The lowest BCUT2D eigenvalue weighted by molar-refractivity contribution is -0.0967. The molecule has 5 nitrogen and oxygen atoms in total. The average molecular weight is 331 g/mol. The van der Waals surface area contributed by atoms with Gasteiger partial charge in [-0.15, -0.1) is 0 Å². The van der Waals surface area contributed by atoms with Crippen molar-refractivity contribution in [3.63, 3.8) is 0 Å². The fraction of sp³-hybridized carbons (Fsp3) is 0.579. The summed E-state index contributed by atoms with van der Waals surface area (Å²) in [4.78, 5) is 19.1. The normalized spacial score (nSPS) is 23.6. The van der Waals surface area contributed by atoms with Gasteiger partial charge in [-0.25, -0.2) is 14.7 Å². The highest BCUT2D eigenvalue weighted by molar-refractivity contribution is 5.96. The molecule has 1 aliphatic heterocycles. The Labute approximate surface area is 145 Å². The standard InChI is InChI=1S/C19H29N3O2/c1-13(2)20-17-22(14(3)4)16(23)21-19(24-17,18(5,6)7)15-11-9-8-10-12-15/h8-14H,1-7H3,(H,21,23). The number of carbonyl (C=O) groups excluding carboxylic acids is 1. The predicted octanol–water partition coefficient (Wildman–Crippen LogP) is 4.10. The van der Waals surface area contributed by atoms with Crippen LogP contribution in [-0.2, 0) is 10.5 Å². The van der Waals surface area contributed by atoms with Crippen LogP contribution in [0.3, 0.4) is 0 Å². The molecule has 132 valence electrons. The summed E-state index contributed by atoms with van der Waals surface area (Å²) >= 11 is 0. The third kappa shape index (κ3) is 3.25. The molecule has 1 unspecified atom stereocenters. The second-order valence-corrected chi connectivity index (χ2v) is 7.80. The zero-order valence-corrected chi connectivity index (χ0v) is 15.8. The average Bonchev–Trinajstić information content (AvgIpc) is 2.45. The van der Waals surface area contributed by atoms with Crippen LogP contribution in [0.4, 0.5) is 4.79 Å². The maximum Gasteiger partial charge on any atom is 0.329 e. The molecule has 0 aromatic heterocycles. The van der Waals surface area contributed by atoms with E-state index in [1.807, 2.05) is 58.0 Å². The van der Waals surface area contributed by atoms with Crippen LogP contribution in [0, 0.1) is 5.41 Å². The van der Waals surface area contributed by atoms with Crippen molar-refractivity contribution in [1.82, 2.24) is 10.2 Å². The van der Waals surface area contributed by atoms with Crippen molar-refractivity contribution in [3.8, 4) is 0 Å². The lowest BCUT2D eigenvalue weighted by Gasteiger charge is -2.50. The number of amides is 2. The number of rotatable bonds is 3. The molecule has 0 saturated carbocycles. The minimum absolute atomic E-state index is 0.0283. The minimum Gasteiger partial charge on any atom is -0.433 e. The quantitative estimate of drug-likeness (QED) is 0.906. The van der Waals surface area contributed by atoms with E-state index in [1.54, 1.807) is 4.90 Å². The van der Waals surface area contributed by atoms with Gasteiger partial charge < -0.3 is 4.74 Å². The summed E-state index contributed by atoms with van der Waals surface area (Å²) in [5, 5.41) is 3.10. The highest BCUT2D eigenvalue weighted by Crippen LogP contribution is 2.43. The minimum atomic E-state index is -0.968. The van der Waals surface area contributed by atoms with E-state index in [0.29, 0.717) is 6.02 Å². The van der Waals surface area contributed by atoms with Gasteiger partial charge in [-0.05, 0) is 27.7 Å². The van der Waals surface area contributed by atoms with Crippen molar-refractivity contribution in [2.75, 3.05) is 0 Å². The van der Waals surface area contributed by atoms with Gasteiger partial charge in [0.25, 0.3) is 6.02 Å². The number of aliphatic imine (C=N–C) groups is 1. The Morgan fingerprint density at radius 2 is 1.71 bits per heavy atom. The highest BCUT2D eigenvalue weighted by atomic mass is 16.6. The third-order valence-electron chi connectivity index (χ3n) is 4.07. The van der Waals surface area contributed by atoms with Crippen LogP contribution in [0.5, 0.6) is 0 Å². The summed E-state index contributed by atoms with van der Waals surface area (Å²) < 4.78 is 6.42. The number of benzene rings is 1. The molecule has 1 aromatic rings. The first-order chi connectivity index (χ1) is 11.1. The molecule has 0 spiro atoms. The first-order valence-corrected chi connectivity index (χ1v) is 8.52. The van der Waals surface area contributed by atoms with Gasteiger partial charge in [-0.1, -0.05) is 51.1 Å². The summed E-state index contributed by atoms with van der Waals surface area (Å²) in [5.41, 5.74) is -0.430. The van der Waals surface area contributed by atoms with E-state index in [1.165, 1.54) is 0 Å². The molecule has 1 aromatic carbocycles. The number of carbonyl (C=O) groups is 1. The molecule has 24 heavy (non-hydrogen) atoms. The zero-order chi connectivity index (χ0) is 18.1. The van der Waals surface area contributed by atoms with E-state index in [0.717, 1.165) is 5.56 Å². The molecule has 0 aliphatic carbocycles. The fourth-order valence-electron chi connectivity index (χ4n) is 2.85. The van der Waals surface area contributed by atoms with Gasteiger partial charge in [0.1, 0.15) is 0 Å². The Morgan fingerprint density at radius 1 is 1.12 bits per heavy atom. The van der Waals surface area contributed by atoms with Crippen molar-refractivity contribution >= 4 is 12.1 Å². The molecular formula is C19H29N3O2. The number of nitrogens with one attached hydrogen (secondary N) is 1. The van der Waals surface area contributed by atoms with Crippen LogP contribution in [0.2, 0.25) is 0 Å². The first kappa shape index (κ1) is 18.3. The Kier molecular flexibility index (Phi) is 4.92. The van der Waals surface area contributed by atoms with Gasteiger partial charge >= 0.3 is 6.03 Å². The van der Waals surface area contributed by atoms with Crippen molar-refractivity contribution < 1.29 is 9.53 Å². The topological polar surface area (TPSA) is 53.9 Å². The van der Waals surface area contributed by atoms with Crippen LogP contribution >= 0.6 is 0 Å². The zero-order valence-electron chi connectivity index (χ0n) is 15.8. The fourth-order valence-corrected chi connectivity index (χ4v) is 2.85. The maximum absolute atomic E-state index is 12.9. The monoisotopic (exact) mass is 331 g/mol. The van der Waals surface area contributed by atoms with Crippen molar-refractivity contribution in [1.29, 1.82) is 0 Å². The molecule has 1 heterocycles. The van der Waals surface area contributed by atoms with E-state index in [-0.39, 0.29) is 23.5 Å².